The Bertz CT molecular complexity index is 3150. The van der Waals surface area contributed by atoms with Crippen LogP contribution in [0, 0.1) is 0 Å². The van der Waals surface area contributed by atoms with Crippen molar-refractivity contribution < 1.29 is 8.83 Å². The maximum absolute atomic E-state index is 6.74. The Morgan fingerprint density at radius 1 is 0.491 bits per heavy atom. The molecule has 0 aliphatic carbocycles. The fourth-order valence-electron chi connectivity index (χ4n) is 8.14. The number of benzene rings is 8. The Balaban J connectivity index is 1.13. The van der Waals surface area contributed by atoms with E-state index in [1.54, 1.807) is 0 Å². The van der Waals surface area contributed by atoms with Gasteiger partial charge in [-0.2, -0.15) is 0 Å². The van der Waals surface area contributed by atoms with E-state index in [2.05, 4.69) is 145 Å². The molecule has 5 heteroatoms. The highest BCUT2D eigenvalue weighted by Crippen LogP contribution is 2.41. The van der Waals surface area contributed by atoms with Gasteiger partial charge in [-0.15, -0.1) is 0 Å². The highest BCUT2D eigenvalue weighted by molar-refractivity contribution is 6.24. The summed E-state index contributed by atoms with van der Waals surface area (Å²) >= 11 is 0. The van der Waals surface area contributed by atoms with Crippen molar-refractivity contribution in [1.82, 2.24) is 4.90 Å². The Labute approximate surface area is 304 Å². The van der Waals surface area contributed by atoms with E-state index >= 15 is 0 Å². The summed E-state index contributed by atoms with van der Waals surface area (Å²) in [4.78, 5) is 13.0. The minimum Gasteiger partial charge on any atom is -0.456 e. The summed E-state index contributed by atoms with van der Waals surface area (Å²) in [6.07, 6.45) is -0.307. The highest BCUT2D eigenvalue weighted by Gasteiger charge is 2.29. The van der Waals surface area contributed by atoms with E-state index < -0.39 is 0 Å². The maximum atomic E-state index is 6.74. The molecule has 5 nitrogen and oxygen atoms in total. The fraction of sp³-hybridized carbons (Fsp3) is 0.0417. The molecule has 0 N–H and O–H groups in total. The van der Waals surface area contributed by atoms with Crippen LogP contribution in [0.2, 0.25) is 0 Å². The van der Waals surface area contributed by atoms with Crippen molar-refractivity contribution in [1.29, 1.82) is 0 Å². The van der Waals surface area contributed by atoms with Crippen LogP contribution in [0.3, 0.4) is 0 Å². The van der Waals surface area contributed by atoms with Crippen molar-refractivity contribution in [2.45, 2.75) is 6.17 Å². The zero-order valence-electron chi connectivity index (χ0n) is 28.8. The summed E-state index contributed by atoms with van der Waals surface area (Å²) in [5.74, 6) is 1.53. The van der Waals surface area contributed by atoms with Crippen LogP contribution in [0.25, 0.3) is 76.5 Å². The molecule has 3 heterocycles. The molecule has 1 atom stereocenters. The first kappa shape index (κ1) is 29.7. The molecule has 1 aliphatic heterocycles. The van der Waals surface area contributed by atoms with E-state index in [4.69, 9.17) is 18.8 Å². The van der Waals surface area contributed by atoms with Gasteiger partial charge in [0.25, 0.3) is 0 Å². The Kier molecular flexibility index (Phi) is 6.46. The van der Waals surface area contributed by atoms with Crippen molar-refractivity contribution in [3.05, 3.63) is 180 Å². The number of amidine groups is 2. The van der Waals surface area contributed by atoms with Gasteiger partial charge in [-0.25, -0.2) is 9.98 Å². The average Bonchev–Trinajstić information content (AvgIpc) is 3.79. The first-order valence-corrected chi connectivity index (χ1v) is 17.9. The Morgan fingerprint density at radius 3 is 2.04 bits per heavy atom. The summed E-state index contributed by atoms with van der Waals surface area (Å²) in [5.41, 5.74) is 8.50. The zero-order chi connectivity index (χ0) is 35.0. The molecule has 0 saturated heterocycles. The lowest BCUT2D eigenvalue weighted by molar-refractivity contribution is 0.383. The van der Waals surface area contributed by atoms with Gasteiger partial charge in [0, 0.05) is 45.3 Å². The number of hydrogen-bond donors (Lipinski definition) is 0. The first-order chi connectivity index (χ1) is 26.2. The molecule has 53 heavy (non-hydrogen) atoms. The van der Waals surface area contributed by atoms with Crippen LogP contribution >= 0.6 is 0 Å². The number of hydrogen-bond acceptors (Lipinski definition) is 5. The van der Waals surface area contributed by atoms with Gasteiger partial charge in [0.05, 0.1) is 0 Å². The minimum atomic E-state index is -0.307. The van der Waals surface area contributed by atoms with Crippen molar-refractivity contribution in [2.24, 2.45) is 9.98 Å². The molecular weight excluding hydrogens is 651 g/mol. The summed E-state index contributed by atoms with van der Waals surface area (Å²) in [6, 6.07) is 57.2. The number of fused-ring (bicyclic) bond motifs is 9. The third-order valence-electron chi connectivity index (χ3n) is 10.7. The molecule has 0 bridgehead atoms. The van der Waals surface area contributed by atoms with Gasteiger partial charge in [-0.3, -0.25) is 0 Å². The van der Waals surface area contributed by atoms with Crippen LogP contribution < -0.4 is 0 Å². The van der Waals surface area contributed by atoms with Crippen LogP contribution in [-0.2, 0) is 0 Å². The Hall–Kier alpha value is -6.98. The quantitative estimate of drug-likeness (QED) is 0.174. The largest absolute Gasteiger partial charge is 0.456 e. The minimum absolute atomic E-state index is 0.307. The average molecular weight is 682 g/mol. The highest BCUT2D eigenvalue weighted by atomic mass is 16.3. The van der Waals surface area contributed by atoms with Crippen molar-refractivity contribution >= 4 is 77.1 Å². The van der Waals surface area contributed by atoms with Crippen molar-refractivity contribution in [3.8, 4) is 11.1 Å². The van der Waals surface area contributed by atoms with Gasteiger partial charge < -0.3 is 13.7 Å². The second-order valence-electron chi connectivity index (χ2n) is 13.8. The van der Waals surface area contributed by atoms with Gasteiger partial charge in [-0.1, -0.05) is 121 Å². The molecule has 0 saturated carbocycles. The molecule has 0 radical (unpaired) electrons. The number of furan rings is 2. The summed E-state index contributed by atoms with van der Waals surface area (Å²) in [7, 11) is 2.09. The molecule has 1 unspecified atom stereocenters. The third kappa shape index (κ3) is 4.64. The van der Waals surface area contributed by atoms with E-state index in [-0.39, 0.29) is 6.17 Å². The maximum Gasteiger partial charge on any atom is 0.160 e. The first-order valence-electron chi connectivity index (χ1n) is 17.9. The molecule has 8 aromatic carbocycles. The Morgan fingerprint density at radius 2 is 1.17 bits per heavy atom. The molecule has 0 amide bonds. The van der Waals surface area contributed by atoms with E-state index in [9.17, 15) is 0 Å². The van der Waals surface area contributed by atoms with Gasteiger partial charge in [-0.05, 0) is 75.1 Å². The van der Waals surface area contributed by atoms with Crippen LogP contribution in [0.15, 0.2) is 183 Å². The lowest BCUT2D eigenvalue weighted by Crippen LogP contribution is -2.35. The van der Waals surface area contributed by atoms with Crippen LogP contribution in [0.5, 0.6) is 0 Å². The number of nitrogens with zero attached hydrogens (tertiary/aromatic N) is 3. The van der Waals surface area contributed by atoms with Crippen LogP contribution in [0.4, 0.5) is 0 Å². The topological polar surface area (TPSA) is 54.2 Å². The molecule has 250 valence electrons. The predicted octanol–water partition coefficient (Wildman–Crippen LogP) is 12.3. The SMILES string of the molecule is CN1C(c2ccccc2)=NC(c2ccc(-c3ccc4oc5ccccc5c4c3)c3oc4ccccc4c23)=NC1c1ccc2c(ccc3ccccc32)c1. The smallest absolute Gasteiger partial charge is 0.160 e. The molecule has 0 spiro atoms. The van der Waals surface area contributed by atoms with Gasteiger partial charge in [0.15, 0.2) is 12.0 Å². The summed E-state index contributed by atoms with van der Waals surface area (Å²) in [6.45, 7) is 0. The van der Waals surface area contributed by atoms with Gasteiger partial charge >= 0.3 is 0 Å². The van der Waals surface area contributed by atoms with Crippen molar-refractivity contribution in [2.75, 3.05) is 7.05 Å². The zero-order valence-corrected chi connectivity index (χ0v) is 28.8. The second-order valence-corrected chi connectivity index (χ2v) is 13.8. The molecule has 10 aromatic rings. The van der Waals surface area contributed by atoms with Crippen LogP contribution in [-0.4, -0.2) is 23.6 Å². The number of rotatable bonds is 4. The standard InChI is InChI=1S/C48H31N3O2/c1-51-47(30-12-3-2-4-13-30)49-46(50-48(51)33-21-23-35-31(27-33)20-19-29-11-5-6-14-34(29)35)39-25-24-36(45-44(39)38-16-8-10-18-42(38)53-45)32-22-26-43-40(28-32)37-15-7-9-17-41(37)52-43/h2-28,48H,1H3. The summed E-state index contributed by atoms with van der Waals surface area (Å²) in [5, 5.41) is 9.10. The van der Waals surface area contributed by atoms with E-state index in [1.165, 1.54) is 21.5 Å². The van der Waals surface area contributed by atoms with Crippen molar-refractivity contribution in [3.63, 3.8) is 0 Å². The van der Waals surface area contributed by atoms with E-state index in [0.717, 1.165) is 77.5 Å². The second kappa shape index (κ2) is 11.5. The summed E-state index contributed by atoms with van der Waals surface area (Å²) < 4.78 is 12.9. The normalized spacial score (nSPS) is 14.9. The molecule has 1 aliphatic rings. The molecule has 0 fully saturated rings. The van der Waals surface area contributed by atoms with E-state index in [1.807, 2.05) is 30.3 Å². The fourth-order valence-corrected chi connectivity index (χ4v) is 8.14. The van der Waals surface area contributed by atoms with E-state index in [0.29, 0.717) is 5.84 Å². The van der Waals surface area contributed by atoms with Gasteiger partial charge in [0.1, 0.15) is 28.2 Å². The van der Waals surface area contributed by atoms with Crippen LogP contribution in [0.1, 0.15) is 22.9 Å². The number of aliphatic imine (C=N–C) groups is 2. The lowest BCUT2D eigenvalue weighted by atomic mass is 9.96. The predicted molar refractivity (Wildman–Crippen MR) is 218 cm³/mol. The molecule has 11 rings (SSSR count). The number of para-hydroxylation sites is 2. The van der Waals surface area contributed by atoms with Gasteiger partial charge in [0.2, 0.25) is 0 Å². The third-order valence-corrected chi connectivity index (χ3v) is 10.7. The lowest BCUT2D eigenvalue weighted by Gasteiger charge is -2.32. The molecule has 2 aromatic heterocycles. The monoisotopic (exact) mass is 681 g/mol. The molecular formula is C48H31N3O2.